The molecule has 3 unspecified atom stereocenters. The third-order valence-electron chi connectivity index (χ3n) is 9.76. The van der Waals surface area contributed by atoms with E-state index >= 15 is 0 Å². The van der Waals surface area contributed by atoms with Gasteiger partial charge in [-0.05, 0) is 12.8 Å². The van der Waals surface area contributed by atoms with Crippen molar-refractivity contribution in [3.63, 3.8) is 0 Å². The van der Waals surface area contributed by atoms with Crippen LogP contribution in [0.4, 0.5) is 0 Å². The van der Waals surface area contributed by atoms with Gasteiger partial charge in [0.2, 0.25) is 0 Å². The zero-order valence-electron chi connectivity index (χ0n) is 34.3. The first-order valence-electron chi connectivity index (χ1n) is 22.0. The average Bonchev–Trinajstić information content (AvgIpc) is 3.14. The lowest BCUT2D eigenvalue weighted by molar-refractivity contribution is -0.161. The summed E-state index contributed by atoms with van der Waals surface area (Å²) in [6.45, 7) is 2.41. The molecule has 0 aromatic carbocycles. The van der Waals surface area contributed by atoms with Gasteiger partial charge in [-0.25, -0.2) is 4.57 Å². The minimum Gasteiger partial charge on any atom is -0.462 e. The second-order valence-electron chi connectivity index (χ2n) is 15.1. The number of hydrogen-bond donors (Lipinski definition) is 3. The van der Waals surface area contributed by atoms with Gasteiger partial charge in [0.1, 0.15) is 12.7 Å². The standard InChI is InChI=1S/C42H83O10P/c1-3-5-7-9-11-13-15-17-18-19-20-21-22-24-26-28-30-32-34-42(46)52-40(38-51-53(47,48)50-36-39(44)35-43)37-49-41(45)33-31-29-27-25-23-16-14-12-10-8-6-4-2/h39-40,43-44H,3-38H2,1-2H3,(H,47,48). The van der Waals surface area contributed by atoms with E-state index in [1.165, 1.54) is 141 Å². The van der Waals surface area contributed by atoms with Crippen LogP contribution in [0.15, 0.2) is 0 Å². The second-order valence-corrected chi connectivity index (χ2v) is 16.5. The highest BCUT2D eigenvalue weighted by Crippen LogP contribution is 2.43. The lowest BCUT2D eigenvalue weighted by Gasteiger charge is -2.20. The van der Waals surface area contributed by atoms with Gasteiger partial charge in [-0.15, -0.1) is 0 Å². The van der Waals surface area contributed by atoms with Crippen LogP contribution in [-0.4, -0.2) is 65.7 Å². The lowest BCUT2D eigenvalue weighted by atomic mass is 10.0. The van der Waals surface area contributed by atoms with E-state index in [2.05, 4.69) is 18.4 Å². The van der Waals surface area contributed by atoms with Gasteiger partial charge in [-0.1, -0.05) is 194 Å². The highest BCUT2D eigenvalue weighted by molar-refractivity contribution is 7.47. The molecule has 0 aromatic rings. The minimum atomic E-state index is -4.61. The Hall–Kier alpha value is -1.03. The summed E-state index contributed by atoms with van der Waals surface area (Å²) >= 11 is 0. The fourth-order valence-corrected chi connectivity index (χ4v) is 7.14. The molecule has 0 spiro atoms. The number of esters is 2. The number of phosphoric ester groups is 1. The van der Waals surface area contributed by atoms with Crippen LogP contribution in [0, 0.1) is 0 Å². The number of unbranched alkanes of at least 4 members (excludes halogenated alkanes) is 28. The van der Waals surface area contributed by atoms with E-state index < -0.39 is 51.8 Å². The molecule has 10 nitrogen and oxygen atoms in total. The smallest absolute Gasteiger partial charge is 0.462 e. The molecule has 0 saturated heterocycles. The van der Waals surface area contributed by atoms with Gasteiger partial charge in [-0.3, -0.25) is 18.6 Å². The first-order chi connectivity index (χ1) is 25.7. The van der Waals surface area contributed by atoms with Crippen LogP contribution in [0.1, 0.15) is 219 Å². The number of carbonyl (C=O) groups excluding carboxylic acids is 2. The van der Waals surface area contributed by atoms with E-state index in [0.717, 1.165) is 38.5 Å². The predicted octanol–water partition coefficient (Wildman–Crippen LogP) is 11.5. The Kier molecular flexibility index (Phi) is 38.5. The molecule has 0 bridgehead atoms. The molecule has 3 atom stereocenters. The number of ether oxygens (including phenoxy) is 2. The van der Waals surface area contributed by atoms with Crippen LogP contribution in [0.2, 0.25) is 0 Å². The fraction of sp³-hybridized carbons (Fsp3) is 0.952. The fourth-order valence-electron chi connectivity index (χ4n) is 6.35. The van der Waals surface area contributed by atoms with Gasteiger partial charge >= 0.3 is 19.8 Å². The van der Waals surface area contributed by atoms with Crippen molar-refractivity contribution in [3.8, 4) is 0 Å². The molecule has 0 aliphatic carbocycles. The van der Waals surface area contributed by atoms with Gasteiger partial charge in [0.15, 0.2) is 6.10 Å². The molecule has 316 valence electrons. The van der Waals surface area contributed by atoms with Crippen molar-refractivity contribution in [2.24, 2.45) is 0 Å². The monoisotopic (exact) mass is 779 g/mol. The van der Waals surface area contributed by atoms with Gasteiger partial charge in [0.25, 0.3) is 0 Å². The van der Waals surface area contributed by atoms with E-state index in [4.69, 9.17) is 19.1 Å². The van der Waals surface area contributed by atoms with Gasteiger partial charge < -0.3 is 24.6 Å². The number of carbonyl (C=O) groups is 2. The SMILES string of the molecule is CCCCCCCCCCCCCCCCCCCCC(=O)OC(COC(=O)CCCCCCCCCCCCCC)COP(=O)(O)OCC(O)CO. The molecule has 0 aliphatic heterocycles. The van der Waals surface area contributed by atoms with Crippen LogP contribution in [0.25, 0.3) is 0 Å². The van der Waals surface area contributed by atoms with Gasteiger partial charge in [0, 0.05) is 12.8 Å². The summed E-state index contributed by atoms with van der Waals surface area (Å²) in [5.41, 5.74) is 0. The molecule has 0 heterocycles. The minimum absolute atomic E-state index is 0.192. The van der Waals surface area contributed by atoms with Crippen molar-refractivity contribution < 1.29 is 47.8 Å². The van der Waals surface area contributed by atoms with Gasteiger partial charge in [-0.2, -0.15) is 0 Å². The molecule has 11 heteroatoms. The average molecular weight is 779 g/mol. The number of rotatable bonds is 42. The molecule has 53 heavy (non-hydrogen) atoms. The van der Waals surface area contributed by atoms with Crippen LogP contribution in [0.3, 0.4) is 0 Å². The third kappa shape index (κ3) is 39.0. The molecule has 0 radical (unpaired) electrons. The lowest BCUT2D eigenvalue weighted by Crippen LogP contribution is -2.29. The maximum absolute atomic E-state index is 12.6. The molecular formula is C42H83O10P. The zero-order chi connectivity index (χ0) is 39.1. The normalized spacial score (nSPS) is 13.8. The highest BCUT2D eigenvalue weighted by atomic mass is 31.2. The molecule has 0 aromatic heterocycles. The van der Waals surface area contributed by atoms with E-state index in [0.29, 0.717) is 12.8 Å². The first-order valence-corrected chi connectivity index (χ1v) is 23.5. The number of phosphoric acid groups is 1. The quantitative estimate of drug-likeness (QED) is 0.0310. The first kappa shape index (κ1) is 52.0. The second kappa shape index (κ2) is 39.2. The van der Waals surface area contributed by atoms with E-state index in [-0.39, 0.29) is 19.4 Å². The van der Waals surface area contributed by atoms with Crippen LogP contribution < -0.4 is 0 Å². The summed E-state index contributed by atoms with van der Waals surface area (Å²) in [4.78, 5) is 34.9. The largest absolute Gasteiger partial charge is 0.472 e. The van der Waals surface area contributed by atoms with E-state index in [9.17, 15) is 24.2 Å². The van der Waals surface area contributed by atoms with Crippen LogP contribution in [0.5, 0.6) is 0 Å². The Labute approximate surface area is 324 Å². The topological polar surface area (TPSA) is 149 Å². The third-order valence-corrected chi connectivity index (χ3v) is 10.7. The highest BCUT2D eigenvalue weighted by Gasteiger charge is 2.27. The molecule has 3 N–H and O–H groups in total. The maximum atomic E-state index is 12.6. The Morgan fingerprint density at radius 1 is 0.491 bits per heavy atom. The Balaban J connectivity index is 4.22. The zero-order valence-corrected chi connectivity index (χ0v) is 35.2. The molecule has 0 saturated carbocycles. The van der Waals surface area contributed by atoms with E-state index in [1.54, 1.807) is 0 Å². The molecule has 0 fully saturated rings. The van der Waals surface area contributed by atoms with Crippen molar-refractivity contribution in [2.75, 3.05) is 26.4 Å². The van der Waals surface area contributed by atoms with E-state index in [1.807, 2.05) is 0 Å². The van der Waals surface area contributed by atoms with Crippen LogP contribution >= 0.6 is 7.82 Å². The summed E-state index contributed by atoms with van der Waals surface area (Å²) in [6, 6.07) is 0. The Morgan fingerprint density at radius 3 is 1.17 bits per heavy atom. The number of aliphatic hydroxyl groups is 2. The van der Waals surface area contributed by atoms with Crippen molar-refractivity contribution in [1.29, 1.82) is 0 Å². The summed E-state index contributed by atoms with van der Waals surface area (Å²) < 4.78 is 32.7. The molecular weight excluding hydrogens is 695 g/mol. The predicted molar refractivity (Wildman–Crippen MR) is 215 cm³/mol. The summed E-state index contributed by atoms with van der Waals surface area (Å²) in [5.74, 6) is -0.910. The molecule has 0 amide bonds. The Morgan fingerprint density at radius 2 is 0.811 bits per heavy atom. The van der Waals surface area contributed by atoms with Crippen molar-refractivity contribution in [3.05, 3.63) is 0 Å². The van der Waals surface area contributed by atoms with Crippen molar-refractivity contribution in [2.45, 2.75) is 232 Å². The number of aliphatic hydroxyl groups excluding tert-OH is 2. The van der Waals surface area contributed by atoms with Gasteiger partial charge in [0.05, 0.1) is 19.8 Å². The maximum Gasteiger partial charge on any atom is 0.472 e. The summed E-state index contributed by atoms with van der Waals surface area (Å²) in [6.07, 6.45) is 35.0. The molecule has 0 rings (SSSR count). The number of hydrogen-bond acceptors (Lipinski definition) is 9. The summed E-state index contributed by atoms with van der Waals surface area (Å²) in [5, 5.41) is 18.3. The summed E-state index contributed by atoms with van der Waals surface area (Å²) in [7, 11) is -4.61. The molecule has 0 aliphatic rings. The Bertz CT molecular complexity index is 858. The van der Waals surface area contributed by atoms with Crippen molar-refractivity contribution in [1.82, 2.24) is 0 Å². The van der Waals surface area contributed by atoms with Crippen LogP contribution in [-0.2, 0) is 32.7 Å². The van der Waals surface area contributed by atoms with Crippen molar-refractivity contribution >= 4 is 19.8 Å².